The fourth-order valence-electron chi connectivity index (χ4n) is 2.06. The van der Waals surface area contributed by atoms with E-state index in [1.165, 1.54) is 0 Å². The van der Waals surface area contributed by atoms with Crippen LogP contribution in [0.2, 0.25) is 5.02 Å². The SMILES string of the molecule is CCCNC(=O)Cn1c(CCCl)nc2ccc(Cl)cc21. The molecular formula is C14H17Cl2N3O. The van der Waals surface area contributed by atoms with E-state index in [0.717, 1.165) is 23.3 Å². The number of nitrogens with one attached hydrogen (secondary N) is 1. The van der Waals surface area contributed by atoms with Gasteiger partial charge in [-0.3, -0.25) is 4.79 Å². The number of nitrogens with zero attached hydrogens (tertiary/aromatic N) is 2. The van der Waals surface area contributed by atoms with E-state index in [1.54, 1.807) is 6.07 Å². The lowest BCUT2D eigenvalue weighted by Crippen LogP contribution is -2.28. The molecular weight excluding hydrogens is 297 g/mol. The van der Waals surface area contributed by atoms with E-state index < -0.39 is 0 Å². The van der Waals surface area contributed by atoms with Crippen molar-refractivity contribution in [3.63, 3.8) is 0 Å². The number of amides is 1. The molecule has 4 nitrogen and oxygen atoms in total. The summed E-state index contributed by atoms with van der Waals surface area (Å²) in [7, 11) is 0. The summed E-state index contributed by atoms with van der Waals surface area (Å²) in [5.74, 6) is 1.25. The molecule has 0 atom stereocenters. The molecule has 108 valence electrons. The minimum atomic E-state index is -0.0260. The second-order valence-corrected chi connectivity index (χ2v) is 5.35. The van der Waals surface area contributed by atoms with Gasteiger partial charge in [0.2, 0.25) is 5.91 Å². The molecule has 1 aromatic heterocycles. The number of rotatable bonds is 6. The molecule has 0 saturated carbocycles. The number of halogens is 2. The number of fused-ring (bicyclic) bond motifs is 1. The van der Waals surface area contributed by atoms with Gasteiger partial charge in [0, 0.05) is 23.9 Å². The monoisotopic (exact) mass is 313 g/mol. The summed E-state index contributed by atoms with van der Waals surface area (Å²) in [6, 6.07) is 5.48. The van der Waals surface area contributed by atoms with Crippen molar-refractivity contribution in [2.45, 2.75) is 26.3 Å². The second kappa shape index (κ2) is 6.95. The van der Waals surface area contributed by atoms with Crippen LogP contribution in [0.1, 0.15) is 19.2 Å². The van der Waals surface area contributed by atoms with Crippen LogP contribution in [-0.2, 0) is 17.8 Å². The van der Waals surface area contributed by atoms with Gasteiger partial charge in [-0.2, -0.15) is 0 Å². The first-order chi connectivity index (χ1) is 9.65. The van der Waals surface area contributed by atoms with Gasteiger partial charge in [0.15, 0.2) is 0 Å². The van der Waals surface area contributed by atoms with Gasteiger partial charge in [-0.15, -0.1) is 11.6 Å². The second-order valence-electron chi connectivity index (χ2n) is 4.54. The number of imidazole rings is 1. The van der Waals surface area contributed by atoms with E-state index in [1.807, 2.05) is 23.6 Å². The van der Waals surface area contributed by atoms with E-state index in [4.69, 9.17) is 23.2 Å². The molecule has 0 saturated heterocycles. The Morgan fingerprint density at radius 2 is 2.25 bits per heavy atom. The van der Waals surface area contributed by atoms with E-state index >= 15 is 0 Å². The first kappa shape index (κ1) is 15.1. The molecule has 2 rings (SSSR count). The highest BCUT2D eigenvalue weighted by atomic mass is 35.5. The van der Waals surface area contributed by atoms with Gasteiger partial charge in [0.25, 0.3) is 0 Å². The quantitative estimate of drug-likeness (QED) is 0.833. The van der Waals surface area contributed by atoms with Crippen LogP contribution in [0.15, 0.2) is 18.2 Å². The normalized spacial score (nSPS) is 10.9. The van der Waals surface area contributed by atoms with Gasteiger partial charge in [-0.1, -0.05) is 18.5 Å². The highest BCUT2D eigenvalue weighted by Crippen LogP contribution is 2.21. The molecule has 0 spiro atoms. The average Bonchev–Trinajstić information content (AvgIpc) is 2.75. The molecule has 1 aromatic carbocycles. The molecule has 0 bridgehead atoms. The topological polar surface area (TPSA) is 46.9 Å². The number of aryl methyl sites for hydroxylation is 1. The molecule has 0 fully saturated rings. The number of hydrogen-bond donors (Lipinski definition) is 1. The lowest BCUT2D eigenvalue weighted by molar-refractivity contribution is -0.121. The fraction of sp³-hybridized carbons (Fsp3) is 0.429. The molecule has 0 unspecified atom stereocenters. The lowest BCUT2D eigenvalue weighted by atomic mass is 10.3. The van der Waals surface area contributed by atoms with Crippen molar-refractivity contribution >= 4 is 40.1 Å². The summed E-state index contributed by atoms with van der Waals surface area (Å²) < 4.78 is 1.88. The Morgan fingerprint density at radius 1 is 1.45 bits per heavy atom. The highest BCUT2D eigenvalue weighted by molar-refractivity contribution is 6.31. The number of carbonyl (C=O) groups is 1. The minimum Gasteiger partial charge on any atom is -0.355 e. The highest BCUT2D eigenvalue weighted by Gasteiger charge is 2.13. The Hall–Kier alpha value is -1.26. The molecule has 1 heterocycles. The number of aromatic nitrogens is 2. The van der Waals surface area contributed by atoms with Crippen molar-refractivity contribution in [2.24, 2.45) is 0 Å². The first-order valence-corrected chi connectivity index (χ1v) is 7.54. The predicted molar refractivity (Wildman–Crippen MR) is 82.5 cm³/mol. The molecule has 6 heteroatoms. The van der Waals surface area contributed by atoms with Crippen LogP contribution >= 0.6 is 23.2 Å². The van der Waals surface area contributed by atoms with Gasteiger partial charge in [0.1, 0.15) is 12.4 Å². The Balaban J connectivity index is 2.34. The van der Waals surface area contributed by atoms with Crippen LogP contribution in [0.4, 0.5) is 0 Å². The van der Waals surface area contributed by atoms with E-state index in [2.05, 4.69) is 10.3 Å². The number of carbonyl (C=O) groups excluding carboxylic acids is 1. The Kier molecular flexibility index (Phi) is 5.26. The third-order valence-electron chi connectivity index (χ3n) is 2.98. The van der Waals surface area contributed by atoms with Crippen molar-refractivity contribution in [1.82, 2.24) is 14.9 Å². The van der Waals surface area contributed by atoms with Crippen molar-refractivity contribution < 1.29 is 4.79 Å². The maximum absolute atomic E-state index is 11.9. The lowest BCUT2D eigenvalue weighted by Gasteiger charge is -2.09. The van der Waals surface area contributed by atoms with Crippen molar-refractivity contribution in [3.05, 3.63) is 29.0 Å². The van der Waals surface area contributed by atoms with Crippen LogP contribution in [0, 0.1) is 0 Å². The smallest absolute Gasteiger partial charge is 0.240 e. The third-order valence-corrected chi connectivity index (χ3v) is 3.41. The summed E-state index contributed by atoms with van der Waals surface area (Å²) in [6.07, 6.45) is 1.53. The molecule has 20 heavy (non-hydrogen) atoms. The number of benzene rings is 1. The maximum Gasteiger partial charge on any atom is 0.240 e. The minimum absolute atomic E-state index is 0.0260. The van der Waals surface area contributed by atoms with Gasteiger partial charge in [-0.25, -0.2) is 4.98 Å². The summed E-state index contributed by atoms with van der Waals surface area (Å²) in [5.41, 5.74) is 1.70. The van der Waals surface area contributed by atoms with Crippen molar-refractivity contribution in [3.8, 4) is 0 Å². The zero-order chi connectivity index (χ0) is 14.5. The van der Waals surface area contributed by atoms with Gasteiger partial charge < -0.3 is 9.88 Å². The summed E-state index contributed by atoms with van der Waals surface area (Å²) in [6.45, 7) is 2.94. The van der Waals surface area contributed by atoms with Crippen LogP contribution < -0.4 is 5.32 Å². The Bertz CT molecular complexity index is 610. The molecule has 0 aliphatic rings. The summed E-state index contributed by atoms with van der Waals surface area (Å²) in [5, 5.41) is 3.50. The Labute approximate surface area is 128 Å². The van der Waals surface area contributed by atoms with Crippen LogP contribution in [-0.4, -0.2) is 27.9 Å². The molecule has 0 aliphatic heterocycles. The van der Waals surface area contributed by atoms with Crippen LogP contribution in [0.5, 0.6) is 0 Å². The number of alkyl halides is 1. The van der Waals surface area contributed by atoms with Crippen molar-refractivity contribution in [2.75, 3.05) is 12.4 Å². The van der Waals surface area contributed by atoms with Crippen LogP contribution in [0.3, 0.4) is 0 Å². The fourth-order valence-corrected chi connectivity index (χ4v) is 2.40. The van der Waals surface area contributed by atoms with E-state index in [9.17, 15) is 4.79 Å². The number of hydrogen-bond acceptors (Lipinski definition) is 2. The third kappa shape index (κ3) is 3.44. The van der Waals surface area contributed by atoms with Crippen molar-refractivity contribution in [1.29, 1.82) is 0 Å². The molecule has 0 aliphatic carbocycles. The largest absolute Gasteiger partial charge is 0.355 e. The summed E-state index contributed by atoms with van der Waals surface area (Å²) >= 11 is 11.8. The van der Waals surface area contributed by atoms with Gasteiger partial charge in [-0.05, 0) is 24.6 Å². The zero-order valence-electron chi connectivity index (χ0n) is 11.3. The first-order valence-electron chi connectivity index (χ1n) is 6.63. The molecule has 1 amide bonds. The van der Waals surface area contributed by atoms with Gasteiger partial charge >= 0.3 is 0 Å². The average molecular weight is 314 g/mol. The standard InChI is InChI=1S/C14H17Cl2N3O/c1-2-7-17-14(20)9-19-12-8-10(16)3-4-11(12)18-13(19)5-6-15/h3-4,8H,2,5-7,9H2,1H3,(H,17,20). The predicted octanol–water partition coefficient (Wildman–Crippen LogP) is 3.00. The van der Waals surface area contributed by atoms with Gasteiger partial charge in [0.05, 0.1) is 11.0 Å². The van der Waals surface area contributed by atoms with E-state index in [0.29, 0.717) is 23.9 Å². The Morgan fingerprint density at radius 3 is 2.95 bits per heavy atom. The summed E-state index contributed by atoms with van der Waals surface area (Å²) in [4.78, 5) is 16.4. The van der Waals surface area contributed by atoms with E-state index in [-0.39, 0.29) is 12.5 Å². The molecule has 1 N–H and O–H groups in total. The molecule has 0 radical (unpaired) electrons. The molecule has 2 aromatic rings. The maximum atomic E-state index is 11.9. The zero-order valence-corrected chi connectivity index (χ0v) is 12.8. The van der Waals surface area contributed by atoms with Crippen LogP contribution in [0.25, 0.3) is 11.0 Å².